The molecular weight excluding hydrogens is 146 g/mol. The zero-order chi connectivity index (χ0) is 8.53. The Kier molecular flexibility index (Phi) is 6.37. The summed E-state index contributed by atoms with van der Waals surface area (Å²) < 4.78 is 4.43. The van der Waals surface area contributed by atoms with Crippen molar-refractivity contribution in [2.24, 2.45) is 0 Å². The molecular formula is C7H12NO3. The molecule has 0 bridgehead atoms. The van der Waals surface area contributed by atoms with Crippen molar-refractivity contribution in [1.82, 2.24) is 5.73 Å². The van der Waals surface area contributed by atoms with E-state index < -0.39 is 5.91 Å². The van der Waals surface area contributed by atoms with Gasteiger partial charge in [-0.1, -0.05) is 0 Å². The predicted octanol–water partition coefficient (Wildman–Crippen LogP) is 0.529. The minimum atomic E-state index is -0.527. The van der Waals surface area contributed by atoms with Crippen LogP contribution in [0.3, 0.4) is 0 Å². The van der Waals surface area contributed by atoms with Crippen molar-refractivity contribution in [3.05, 3.63) is 0 Å². The molecule has 0 saturated heterocycles. The minimum Gasteiger partial charge on any atom is -0.468 e. The highest BCUT2D eigenvalue weighted by atomic mass is 16.5. The summed E-state index contributed by atoms with van der Waals surface area (Å²) >= 11 is 0. The van der Waals surface area contributed by atoms with E-state index in [-0.39, 0.29) is 0 Å². The highest BCUT2D eigenvalue weighted by molar-refractivity contribution is 5.72. The maximum atomic E-state index is 10.1. The van der Waals surface area contributed by atoms with E-state index in [9.17, 15) is 9.59 Å². The fourth-order valence-electron chi connectivity index (χ4n) is 0.696. The number of hydrogen-bond acceptors (Lipinski definition) is 3. The number of hydrogen-bond donors (Lipinski definition) is 0. The molecule has 0 aliphatic rings. The van der Waals surface area contributed by atoms with E-state index in [1.54, 1.807) is 0 Å². The largest absolute Gasteiger partial charge is 0.468 e. The summed E-state index contributed by atoms with van der Waals surface area (Å²) in [5.41, 5.74) is 6.57. The summed E-state index contributed by atoms with van der Waals surface area (Å²) in [6.45, 7) is 0.825. The molecule has 11 heavy (non-hydrogen) atoms. The van der Waals surface area contributed by atoms with Crippen molar-refractivity contribution in [3.8, 4) is 0 Å². The fraction of sp³-hybridized carbons (Fsp3) is 0.714. The number of unbranched alkanes of at least 4 members (excludes halogenated alkanes) is 2. The first-order valence-corrected chi connectivity index (χ1v) is 3.57. The molecule has 1 amide bonds. The molecule has 0 saturated carbocycles. The molecule has 0 atom stereocenters. The van der Waals surface area contributed by atoms with Crippen LogP contribution in [0.5, 0.6) is 0 Å². The third-order valence-corrected chi connectivity index (χ3v) is 1.23. The fourth-order valence-corrected chi connectivity index (χ4v) is 0.696. The second-order valence-corrected chi connectivity index (χ2v) is 2.20. The summed E-state index contributed by atoms with van der Waals surface area (Å²) in [5.74, 6) is -0.527. The van der Waals surface area contributed by atoms with Crippen molar-refractivity contribution < 1.29 is 14.3 Å². The molecule has 0 heterocycles. The average Bonchev–Trinajstić information content (AvgIpc) is 1.96. The van der Waals surface area contributed by atoms with Crippen LogP contribution in [0.15, 0.2) is 0 Å². The maximum absolute atomic E-state index is 10.1. The van der Waals surface area contributed by atoms with Gasteiger partial charge in [0.2, 0.25) is 5.91 Å². The standard InChI is InChI=1S/C7H12NO3/c8-7(10)4-2-1-3-5-11-6-9/h6,8H,1-5H2. The molecule has 1 radical (unpaired) electrons. The Morgan fingerprint density at radius 1 is 1.36 bits per heavy atom. The third-order valence-electron chi connectivity index (χ3n) is 1.23. The summed E-state index contributed by atoms with van der Waals surface area (Å²) in [7, 11) is 0. The molecule has 0 fully saturated rings. The van der Waals surface area contributed by atoms with Gasteiger partial charge in [0.05, 0.1) is 6.61 Å². The predicted molar refractivity (Wildman–Crippen MR) is 38.6 cm³/mol. The van der Waals surface area contributed by atoms with Crippen LogP contribution >= 0.6 is 0 Å². The molecule has 0 aliphatic heterocycles. The van der Waals surface area contributed by atoms with Crippen LogP contribution in [-0.2, 0) is 14.3 Å². The van der Waals surface area contributed by atoms with Gasteiger partial charge >= 0.3 is 0 Å². The molecule has 0 aromatic rings. The van der Waals surface area contributed by atoms with Crippen LogP contribution in [-0.4, -0.2) is 19.0 Å². The molecule has 0 unspecified atom stereocenters. The Morgan fingerprint density at radius 2 is 2.09 bits per heavy atom. The molecule has 0 spiro atoms. The van der Waals surface area contributed by atoms with Gasteiger partial charge < -0.3 is 4.74 Å². The number of nitrogens with one attached hydrogen (secondary N) is 1. The van der Waals surface area contributed by atoms with E-state index >= 15 is 0 Å². The van der Waals surface area contributed by atoms with Crippen LogP contribution in [0.4, 0.5) is 0 Å². The summed E-state index contributed by atoms with van der Waals surface area (Å²) in [6.07, 6.45) is 2.62. The second-order valence-electron chi connectivity index (χ2n) is 2.20. The average molecular weight is 158 g/mol. The van der Waals surface area contributed by atoms with Gasteiger partial charge in [0, 0.05) is 6.42 Å². The molecule has 1 N–H and O–H groups in total. The van der Waals surface area contributed by atoms with Gasteiger partial charge in [0.25, 0.3) is 6.47 Å². The topological polar surface area (TPSA) is 67.2 Å². The Hall–Kier alpha value is -1.06. The Morgan fingerprint density at radius 3 is 2.64 bits per heavy atom. The zero-order valence-electron chi connectivity index (χ0n) is 6.34. The van der Waals surface area contributed by atoms with Crippen molar-refractivity contribution in [2.75, 3.05) is 6.61 Å². The summed E-state index contributed by atoms with van der Waals surface area (Å²) in [4.78, 5) is 19.8. The molecule has 4 heteroatoms. The van der Waals surface area contributed by atoms with E-state index in [1.807, 2.05) is 0 Å². The first-order valence-electron chi connectivity index (χ1n) is 3.57. The van der Waals surface area contributed by atoms with Crippen molar-refractivity contribution >= 4 is 12.4 Å². The van der Waals surface area contributed by atoms with Crippen molar-refractivity contribution in [1.29, 1.82) is 0 Å². The van der Waals surface area contributed by atoms with Crippen LogP contribution in [0.1, 0.15) is 25.7 Å². The maximum Gasteiger partial charge on any atom is 0.293 e. The zero-order valence-corrected chi connectivity index (χ0v) is 6.34. The van der Waals surface area contributed by atoms with E-state index in [1.165, 1.54) is 0 Å². The molecule has 4 nitrogen and oxygen atoms in total. The normalized spacial score (nSPS) is 9.09. The SMILES string of the molecule is [NH]C(=O)CCCCCOC=O. The van der Waals surface area contributed by atoms with E-state index in [2.05, 4.69) is 4.74 Å². The van der Waals surface area contributed by atoms with Gasteiger partial charge in [0.15, 0.2) is 0 Å². The monoisotopic (exact) mass is 158 g/mol. The molecule has 63 valence electrons. The lowest BCUT2D eigenvalue weighted by atomic mass is 10.2. The van der Waals surface area contributed by atoms with Gasteiger partial charge in [-0.05, 0) is 19.3 Å². The second kappa shape index (κ2) is 7.05. The lowest BCUT2D eigenvalue weighted by Gasteiger charge is -1.96. The number of carbonyl (C=O) groups is 2. The minimum absolute atomic E-state index is 0.307. The van der Waals surface area contributed by atoms with E-state index in [0.717, 1.165) is 12.8 Å². The van der Waals surface area contributed by atoms with Gasteiger partial charge in [-0.15, -0.1) is 0 Å². The molecule has 0 rings (SSSR count). The highest BCUT2D eigenvalue weighted by Gasteiger charge is 1.94. The van der Waals surface area contributed by atoms with Crippen molar-refractivity contribution in [2.45, 2.75) is 25.7 Å². The first kappa shape index (κ1) is 9.94. The molecule has 0 aromatic carbocycles. The molecule has 0 aliphatic carbocycles. The Bertz CT molecular complexity index is 125. The Labute approximate surface area is 65.7 Å². The highest BCUT2D eigenvalue weighted by Crippen LogP contribution is 1.98. The van der Waals surface area contributed by atoms with Crippen LogP contribution in [0.25, 0.3) is 0 Å². The van der Waals surface area contributed by atoms with Crippen LogP contribution in [0.2, 0.25) is 0 Å². The van der Waals surface area contributed by atoms with Gasteiger partial charge in [-0.2, -0.15) is 0 Å². The smallest absolute Gasteiger partial charge is 0.293 e. The number of ether oxygens (including phenoxy) is 1. The lowest BCUT2D eigenvalue weighted by Crippen LogP contribution is -1.97. The first-order chi connectivity index (χ1) is 5.27. The molecule has 0 aromatic heterocycles. The van der Waals surface area contributed by atoms with Crippen LogP contribution in [0, 0.1) is 0 Å². The van der Waals surface area contributed by atoms with E-state index in [4.69, 9.17) is 5.73 Å². The van der Waals surface area contributed by atoms with Crippen LogP contribution < -0.4 is 5.73 Å². The summed E-state index contributed by atoms with van der Waals surface area (Å²) in [6, 6.07) is 0. The third kappa shape index (κ3) is 8.94. The van der Waals surface area contributed by atoms with Gasteiger partial charge in [-0.25, -0.2) is 0 Å². The van der Waals surface area contributed by atoms with Gasteiger partial charge in [-0.3, -0.25) is 15.3 Å². The number of amides is 1. The quantitative estimate of drug-likeness (QED) is 0.401. The van der Waals surface area contributed by atoms with Crippen molar-refractivity contribution in [3.63, 3.8) is 0 Å². The number of carbonyl (C=O) groups excluding carboxylic acids is 2. The summed E-state index contributed by atoms with van der Waals surface area (Å²) in [5, 5.41) is 0. The van der Waals surface area contributed by atoms with Gasteiger partial charge in [0.1, 0.15) is 0 Å². The number of rotatable bonds is 7. The lowest BCUT2D eigenvalue weighted by molar-refractivity contribution is -0.129. The Balaban J connectivity index is 2.90. The van der Waals surface area contributed by atoms with E-state index in [0.29, 0.717) is 25.9 Å².